The molecule has 104 valence electrons. The maximum atomic E-state index is 11.5. The first kappa shape index (κ1) is 15.1. The SMILES string of the molecule is CCCC(=NNC(=O)OC(C)(C)C)c1ccncc1. The molecule has 0 saturated carbocycles. The Kier molecular flexibility index (Phi) is 5.48. The molecule has 0 saturated heterocycles. The second kappa shape index (κ2) is 6.87. The second-order valence-electron chi connectivity index (χ2n) is 5.16. The first-order valence-electron chi connectivity index (χ1n) is 6.38. The molecule has 0 bridgehead atoms. The van der Waals surface area contributed by atoms with E-state index in [0.29, 0.717) is 0 Å². The first-order valence-corrected chi connectivity index (χ1v) is 6.38. The highest BCUT2D eigenvalue weighted by Crippen LogP contribution is 2.08. The molecule has 0 aliphatic heterocycles. The fourth-order valence-corrected chi connectivity index (χ4v) is 1.46. The van der Waals surface area contributed by atoms with Gasteiger partial charge >= 0.3 is 6.09 Å². The predicted molar refractivity (Wildman–Crippen MR) is 75.1 cm³/mol. The lowest BCUT2D eigenvalue weighted by Crippen LogP contribution is -2.30. The second-order valence-corrected chi connectivity index (χ2v) is 5.16. The van der Waals surface area contributed by atoms with Gasteiger partial charge in [0, 0.05) is 18.0 Å². The largest absolute Gasteiger partial charge is 0.443 e. The van der Waals surface area contributed by atoms with Crippen LogP contribution in [0.3, 0.4) is 0 Å². The van der Waals surface area contributed by atoms with E-state index in [1.807, 2.05) is 32.9 Å². The highest BCUT2D eigenvalue weighted by atomic mass is 16.6. The van der Waals surface area contributed by atoms with Crippen LogP contribution >= 0.6 is 0 Å². The number of hydrogen-bond donors (Lipinski definition) is 1. The van der Waals surface area contributed by atoms with Gasteiger partial charge in [0.25, 0.3) is 0 Å². The van der Waals surface area contributed by atoms with Crippen molar-refractivity contribution in [2.24, 2.45) is 5.10 Å². The normalized spacial score (nSPS) is 12.1. The van der Waals surface area contributed by atoms with Crippen LogP contribution in [0, 0.1) is 0 Å². The number of ether oxygens (including phenoxy) is 1. The van der Waals surface area contributed by atoms with Crippen molar-refractivity contribution < 1.29 is 9.53 Å². The van der Waals surface area contributed by atoms with E-state index in [0.717, 1.165) is 24.1 Å². The summed E-state index contributed by atoms with van der Waals surface area (Å²) in [7, 11) is 0. The molecule has 0 radical (unpaired) electrons. The van der Waals surface area contributed by atoms with Crippen molar-refractivity contribution in [2.75, 3.05) is 0 Å². The molecule has 5 heteroatoms. The van der Waals surface area contributed by atoms with Crippen LogP contribution in [0.5, 0.6) is 0 Å². The summed E-state index contributed by atoms with van der Waals surface area (Å²) < 4.78 is 5.13. The molecule has 5 nitrogen and oxygen atoms in total. The van der Waals surface area contributed by atoms with Crippen molar-refractivity contribution in [2.45, 2.75) is 46.1 Å². The zero-order chi connectivity index (χ0) is 14.3. The predicted octanol–water partition coefficient (Wildman–Crippen LogP) is 3.11. The average Bonchev–Trinajstić information content (AvgIpc) is 2.33. The number of pyridine rings is 1. The number of nitrogens with zero attached hydrogens (tertiary/aromatic N) is 2. The van der Waals surface area contributed by atoms with E-state index < -0.39 is 11.7 Å². The van der Waals surface area contributed by atoms with Gasteiger partial charge in [-0.25, -0.2) is 10.2 Å². The average molecular weight is 263 g/mol. The Morgan fingerprint density at radius 1 is 1.37 bits per heavy atom. The van der Waals surface area contributed by atoms with Gasteiger partial charge in [0.2, 0.25) is 0 Å². The van der Waals surface area contributed by atoms with Crippen LogP contribution in [0.4, 0.5) is 4.79 Å². The lowest BCUT2D eigenvalue weighted by atomic mass is 10.1. The van der Waals surface area contributed by atoms with Crippen LogP contribution in [0.2, 0.25) is 0 Å². The van der Waals surface area contributed by atoms with Gasteiger partial charge < -0.3 is 4.74 Å². The lowest BCUT2D eigenvalue weighted by Gasteiger charge is -2.18. The standard InChI is InChI=1S/C14H21N3O2/c1-5-6-12(11-7-9-15-10-8-11)16-17-13(18)19-14(2,3)4/h7-10H,5-6H2,1-4H3,(H,17,18). The molecule has 0 aliphatic carbocycles. The highest BCUT2D eigenvalue weighted by molar-refractivity contribution is 6.00. The number of carbonyl (C=O) groups is 1. The number of hydrazone groups is 1. The Morgan fingerprint density at radius 2 is 2.00 bits per heavy atom. The number of amides is 1. The van der Waals surface area contributed by atoms with Crippen LogP contribution in [0.15, 0.2) is 29.6 Å². The lowest BCUT2D eigenvalue weighted by molar-refractivity contribution is 0.0529. The molecule has 1 rings (SSSR count). The van der Waals surface area contributed by atoms with E-state index in [1.165, 1.54) is 0 Å². The summed E-state index contributed by atoms with van der Waals surface area (Å²) in [4.78, 5) is 15.5. The van der Waals surface area contributed by atoms with Crippen molar-refractivity contribution in [3.05, 3.63) is 30.1 Å². The Labute approximate surface area is 114 Å². The summed E-state index contributed by atoms with van der Waals surface area (Å²) in [6, 6.07) is 3.73. The number of nitrogens with one attached hydrogen (secondary N) is 1. The Hall–Kier alpha value is -1.91. The van der Waals surface area contributed by atoms with E-state index in [4.69, 9.17) is 4.74 Å². The van der Waals surface area contributed by atoms with Crippen LogP contribution in [-0.2, 0) is 4.74 Å². The molecule has 0 unspecified atom stereocenters. The zero-order valence-electron chi connectivity index (χ0n) is 11.9. The first-order chi connectivity index (χ1) is 8.92. The summed E-state index contributed by atoms with van der Waals surface area (Å²) in [5.41, 5.74) is 3.67. The number of aromatic nitrogens is 1. The van der Waals surface area contributed by atoms with Gasteiger partial charge in [-0.05, 0) is 39.3 Å². The molecule has 1 N–H and O–H groups in total. The molecule has 0 spiro atoms. The molecule has 0 aliphatic rings. The maximum absolute atomic E-state index is 11.5. The van der Waals surface area contributed by atoms with Gasteiger partial charge in [0.1, 0.15) is 5.60 Å². The van der Waals surface area contributed by atoms with Crippen molar-refractivity contribution >= 4 is 11.8 Å². The van der Waals surface area contributed by atoms with Crippen LogP contribution in [0.25, 0.3) is 0 Å². The molecule has 0 aromatic carbocycles. The Bertz CT molecular complexity index is 436. The van der Waals surface area contributed by atoms with Crippen LogP contribution in [-0.4, -0.2) is 22.4 Å². The maximum Gasteiger partial charge on any atom is 0.428 e. The van der Waals surface area contributed by atoms with Crippen LogP contribution < -0.4 is 5.43 Å². The highest BCUT2D eigenvalue weighted by Gasteiger charge is 2.15. The fraction of sp³-hybridized carbons (Fsp3) is 0.500. The topological polar surface area (TPSA) is 63.6 Å². The van der Waals surface area contributed by atoms with E-state index in [9.17, 15) is 4.79 Å². The molecule has 0 atom stereocenters. The Balaban J connectivity index is 2.72. The van der Waals surface area contributed by atoms with E-state index >= 15 is 0 Å². The quantitative estimate of drug-likeness (QED) is 0.670. The minimum atomic E-state index is -0.546. The smallest absolute Gasteiger partial charge is 0.428 e. The van der Waals surface area contributed by atoms with Crippen molar-refractivity contribution in [3.63, 3.8) is 0 Å². The van der Waals surface area contributed by atoms with Gasteiger partial charge in [0.15, 0.2) is 0 Å². The van der Waals surface area contributed by atoms with Crippen molar-refractivity contribution in [1.82, 2.24) is 10.4 Å². The summed E-state index contributed by atoms with van der Waals surface area (Å²) in [6.45, 7) is 7.49. The van der Waals surface area contributed by atoms with E-state index in [2.05, 4.69) is 22.4 Å². The summed E-state index contributed by atoms with van der Waals surface area (Å²) in [6.07, 6.45) is 4.58. The fourth-order valence-electron chi connectivity index (χ4n) is 1.46. The van der Waals surface area contributed by atoms with Crippen LogP contribution in [0.1, 0.15) is 46.1 Å². The monoisotopic (exact) mass is 263 g/mol. The van der Waals surface area contributed by atoms with Gasteiger partial charge in [-0.2, -0.15) is 5.10 Å². The van der Waals surface area contributed by atoms with Crippen molar-refractivity contribution in [3.8, 4) is 0 Å². The number of hydrogen-bond acceptors (Lipinski definition) is 4. The zero-order valence-corrected chi connectivity index (χ0v) is 11.9. The van der Waals surface area contributed by atoms with E-state index in [-0.39, 0.29) is 0 Å². The summed E-state index contributed by atoms with van der Waals surface area (Å²) >= 11 is 0. The minimum absolute atomic E-state index is 0.527. The molecule has 1 amide bonds. The molecule has 1 aromatic heterocycles. The number of rotatable bonds is 4. The molecular formula is C14H21N3O2. The number of carbonyl (C=O) groups excluding carboxylic acids is 1. The van der Waals surface area contributed by atoms with Gasteiger partial charge in [0.05, 0.1) is 5.71 Å². The third kappa shape index (κ3) is 5.99. The third-order valence-corrected chi connectivity index (χ3v) is 2.18. The Morgan fingerprint density at radius 3 is 2.53 bits per heavy atom. The molecule has 19 heavy (non-hydrogen) atoms. The molecular weight excluding hydrogens is 242 g/mol. The summed E-state index contributed by atoms with van der Waals surface area (Å²) in [5, 5.41) is 4.13. The minimum Gasteiger partial charge on any atom is -0.443 e. The summed E-state index contributed by atoms with van der Waals surface area (Å²) in [5.74, 6) is 0. The molecule has 1 aromatic rings. The van der Waals surface area contributed by atoms with E-state index in [1.54, 1.807) is 12.4 Å². The van der Waals surface area contributed by atoms with Crippen molar-refractivity contribution in [1.29, 1.82) is 0 Å². The van der Waals surface area contributed by atoms with Gasteiger partial charge in [-0.3, -0.25) is 4.98 Å². The third-order valence-electron chi connectivity index (χ3n) is 2.18. The molecule has 0 fully saturated rings. The van der Waals surface area contributed by atoms with Gasteiger partial charge in [-0.1, -0.05) is 13.3 Å². The molecule has 1 heterocycles. The van der Waals surface area contributed by atoms with Gasteiger partial charge in [-0.15, -0.1) is 0 Å².